The van der Waals surface area contributed by atoms with E-state index in [0.29, 0.717) is 16.3 Å². The first-order valence-electron chi connectivity index (χ1n) is 8.52. The van der Waals surface area contributed by atoms with Crippen LogP contribution in [-0.4, -0.2) is 42.5 Å². The van der Waals surface area contributed by atoms with Crippen molar-refractivity contribution in [1.82, 2.24) is 19.4 Å². The number of hydrogen-bond donors (Lipinski definition) is 1. The first-order chi connectivity index (χ1) is 13.3. The van der Waals surface area contributed by atoms with Gasteiger partial charge in [0, 0.05) is 26.0 Å². The molecular weight excluding hydrogens is 380 g/mol. The Morgan fingerprint density at radius 3 is 2.54 bits per heavy atom. The fourth-order valence-corrected chi connectivity index (χ4v) is 3.84. The van der Waals surface area contributed by atoms with Gasteiger partial charge in [0.05, 0.1) is 16.5 Å². The van der Waals surface area contributed by atoms with Crippen molar-refractivity contribution >= 4 is 26.7 Å². The zero-order valence-electron chi connectivity index (χ0n) is 15.5. The zero-order valence-corrected chi connectivity index (χ0v) is 16.3. The average Bonchev–Trinajstić information content (AvgIpc) is 2.69. The standard InChI is InChI=1S/C19H20N4O4S/c1-22(2)28(26,27)17-10-6-4-8-15(17)11-20-18(24)13-23-19(25)16-9-5-3-7-14(16)12-21-23/h3-10,12H,11,13H2,1-2H3,(H,20,24). The summed E-state index contributed by atoms with van der Waals surface area (Å²) in [6.45, 7) is -0.239. The van der Waals surface area contributed by atoms with E-state index in [9.17, 15) is 18.0 Å². The molecule has 9 heteroatoms. The fraction of sp³-hybridized carbons (Fsp3) is 0.211. The number of amides is 1. The minimum atomic E-state index is -3.63. The predicted octanol–water partition coefficient (Wildman–Crippen LogP) is 0.963. The summed E-state index contributed by atoms with van der Waals surface area (Å²) in [5.74, 6) is -0.443. The highest BCUT2D eigenvalue weighted by Crippen LogP contribution is 2.18. The third-order valence-electron chi connectivity index (χ3n) is 4.26. The highest BCUT2D eigenvalue weighted by Gasteiger charge is 2.20. The maximum absolute atomic E-state index is 12.4. The van der Waals surface area contributed by atoms with Gasteiger partial charge in [0.25, 0.3) is 5.56 Å². The van der Waals surface area contributed by atoms with Gasteiger partial charge in [-0.05, 0) is 17.7 Å². The van der Waals surface area contributed by atoms with Crippen molar-refractivity contribution in [3.63, 3.8) is 0 Å². The molecule has 0 fully saturated rings. The van der Waals surface area contributed by atoms with Crippen LogP contribution in [0, 0.1) is 0 Å². The van der Waals surface area contributed by atoms with E-state index in [0.717, 1.165) is 8.99 Å². The van der Waals surface area contributed by atoms with Crippen molar-refractivity contribution in [2.45, 2.75) is 18.0 Å². The van der Waals surface area contributed by atoms with E-state index in [-0.39, 0.29) is 23.5 Å². The number of benzene rings is 2. The Morgan fingerprint density at radius 1 is 1.11 bits per heavy atom. The summed E-state index contributed by atoms with van der Waals surface area (Å²) >= 11 is 0. The van der Waals surface area contributed by atoms with E-state index in [2.05, 4.69) is 10.4 Å². The van der Waals surface area contributed by atoms with Crippen molar-refractivity contribution in [3.05, 3.63) is 70.6 Å². The lowest BCUT2D eigenvalue weighted by molar-refractivity contribution is -0.122. The van der Waals surface area contributed by atoms with E-state index in [1.807, 2.05) is 0 Å². The number of sulfonamides is 1. The summed E-state index contributed by atoms with van der Waals surface area (Å²) in [5.41, 5.74) is 0.104. The topological polar surface area (TPSA) is 101 Å². The molecule has 146 valence electrons. The molecule has 0 aliphatic carbocycles. The van der Waals surface area contributed by atoms with Crippen LogP contribution in [0.2, 0.25) is 0 Å². The van der Waals surface area contributed by atoms with Gasteiger partial charge < -0.3 is 5.32 Å². The van der Waals surface area contributed by atoms with Gasteiger partial charge in [0.15, 0.2) is 0 Å². The summed E-state index contributed by atoms with van der Waals surface area (Å²) < 4.78 is 27.0. The SMILES string of the molecule is CN(C)S(=O)(=O)c1ccccc1CNC(=O)Cn1ncc2ccccc2c1=O. The highest BCUT2D eigenvalue weighted by atomic mass is 32.2. The van der Waals surface area contributed by atoms with Gasteiger partial charge in [0.1, 0.15) is 6.54 Å². The number of nitrogens with zero attached hydrogens (tertiary/aromatic N) is 3. The van der Waals surface area contributed by atoms with Crippen molar-refractivity contribution in [1.29, 1.82) is 0 Å². The molecule has 1 amide bonds. The number of carbonyl (C=O) groups is 1. The van der Waals surface area contributed by atoms with Crippen molar-refractivity contribution in [2.75, 3.05) is 14.1 Å². The van der Waals surface area contributed by atoms with E-state index >= 15 is 0 Å². The molecule has 0 saturated carbocycles. The van der Waals surface area contributed by atoms with Crippen LogP contribution in [0.25, 0.3) is 10.8 Å². The van der Waals surface area contributed by atoms with Crippen LogP contribution in [0.15, 0.2) is 64.4 Å². The quantitative estimate of drug-likeness (QED) is 0.664. The maximum Gasteiger partial charge on any atom is 0.275 e. The Labute approximate surface area is 162 Å². The van der Waals surface area contributed by atoms with Crippen LogP contribution in [0.1, 0.15) is 5.56 Å². The molecule has 0 aliphatic heterocycles. The molecule has 0 unspecified atom stereocenters. The van der Waals surface area contributed by atoms with E-state index < -0.39 is 15.9 Å². The van der Waals surface area contributed by atoms with Gasteiger partial charge in [0.2, 0.25) is 15.9 Å². The summed E-state index contributed by atoms with van der Waals surface area (Å²) in [6.07, 6.45) is 1.53. The highest BCUT2D eigenvalue weighted by molar-refractivity contribution is 7.89. The molecule has 1 heterocycles. The molecule has 2 aromatic carbocycles. The first kappa shape index (κ1) is 19.7. The largest absolute Gasteiger partial charge is 0.350 e. The number of rotatable bonds is 6. The van der Waals surface area contributed by atoms with Gasteiger partial charge in [-0.25, -0.2) is 17.4 Å². The molecule has 0 bridgehead atoms. The third kappa shape index (κ3) is 3.95. The van der Waals surface area contributed by atoms with Crippen LogP contribution >= 0.6 is 0 Å². The maximum atomic E-state index is 12.4. The Bertz CT molecular complexity index is 1190. The molecule has 0 aliphatic rings. The number of aromatic nitrogens is 2. The number of nitrogens with one attached hydrogen (secondary N) is 1. The van der Waals surface area contributed by atoms with E-state index in [1.54, 1.807) is 42.5 Å². The van der Waals surface area contributed by atoms with Gasteiger partial charge in [-0.2, -0.15) is 5.10 Å². The Kier molecular flexibility index (Phi) is 5.57. The predicted molar refractivity (Wildman–Crippen MR) is 105 cm³/mol. The molecule has 8 nitrogen and oxygen atoms in total. The third-order valence-corrected chi connectivity index (χ3v) is 6.18. The molecule has 0 radical (unpaired) electrons. The van der Waals surface area contributed by atoms with E-state index in [1.165, 1.54) is 26.4 Å². The van der Waals surface area contributed by atoms with Crippen molar-refractivity contribution < 1.29 is 13.2 Å². The van der Waals surface area contributed by atoms with Crippen LogP contribution in [-0.2, 0) is 27.9 Å². The van der Waals surface area contributed by atoms with Crippen molar-refractivity contribution in [2.24, 2.45) is 0 Å². The summed E-state index contributed by atoms with van der Waals surface area (Å²) in [6, 6.07) is 13.5. The van der Waals surface area contributed by atoms with Crippen LogP contribution in [0.4, 0.5) is 0 Å². The molecule has 3 aromatic rings. The van der Waals surface area contributed by atoms with Crippen LogP contribution in [0.5, 0.6) is 0 Å². The van der Waals surface area contributed by atoms with Gasteiger partial charge in [-0.15, -0.1) is 0 Å². The first-order valence-corrected chi connectivity index (χ1v) is 9.96. The Morgan fingerprint density at radius 2 is 1.79 bits per heavy atom. The van der Waals surface area contributed by atoms with E-state index in [4.69, 9.17) is 0 Å². The summed E-state index contributed by atoms with van der Waals surface area (Å²) in [7, 11) is -0.737. The smallest absolute Gasteiger partial charge is 0.275 e. The molecule has 3 rings (SSSR count). The molecule has 1 aromatic heterocycles. The molecule has 0 atom stereocenters. The minimum Gasteiger partial charge on any atom is -0.350 e. The Balaban J connectivity index is 1.76. The second-order valence-electron chi connectivity index (χ2n) is 6.37. The minimum absolute atomic E-state index is 0.0183. The number of fused-ring (bicyclic) bond motifs is 1. The van der Waals surface area contributed by atoms with Crippen LogP contribution in [0.3, 0.4) is 0 Å². The second kappa shape index (κ2) is 7.91. The van der Waals surface area contributed by atoms with Gasteiger partial charge >= 0.3 is 0 Å². The lowest BCUT2D eigenvalue weighted by atomic mass is 10.2. The molecule has 0 spiro atoms. The molecule has 0 saturated heterocycles. The van der Waals surface area contributed by atoms with Gasteiger partial charge in [-0.3, -0.25) is 9.59 Å². The second-order valence-corrected chi connectivity index (χ2v) is 8.49. The number of hydrogen-bond acceptors (Lipinski definition) is 5. The summed E-state index contributed by atoms with van der Waals surface area (Å²) in [5, 5.41) is 7.85. The van der Waals surface area contributed by atoms with Crippen molar-refractivity contribution in [3.8, 4) is 0 Å². The Hall–Kier alpha value is -3.04. The lowest BCUT2D eigenvalue weighted by Crippen LogP contribution is -2.33. The average molecular weight is 400 g/mol. The fourth-order valence-electron chi connectivity index (χ4n) is 2.72. The normalized spacial score (nSPS) is 11.7. The number of carbonyl (C=O) groups excluding carboxylic acids is 1. The van der Waals surface area contributed by atoms with Gasteiger partial charge in [-0.1, -0.05) is 36.4 Å². The lowest BCUT2D eigenvalue weighted by Gasteiger charge is -2.15. The molecular formula is C19H20N4O4S. The molecule has 1 N–H and O–H groups in total. The summed E-state index contributed by atoms with van der Waals surface area (Å²) in [4.78, 5) is 24.9. The van der Waals surface area contributed by atoms with Crippen LogP contribution < -0.4 is 10.9 Å². The monoisotopic (exact) mass is 400 g/mol. The zero-order chi connectivity index (χ0) is 20.3. The molecule has 28 heavy (non-hydrogen) atoms.